The first kappa shape index (κ1) is 15.7. The van der Waals surface area contributed by atoms with E-state index in [4.69, 9.17) is 10.5 Å². The minimum Gasteiger partial charge on any atom is -0.380 e. The van der Waals surface area contributed by atoms with Gasteiger partial charge >= 0.3 is 0 Å². The molecule has 5 nitrogen and oxygen atoms in total. The van der Waals surface area contributed by atoms with E-state index < -0.39 is 0 Å². The van der Waals surface area contributed by atoms with Crippen LogP contribution in [0.25, 0.3) is 0 Å². The SMILES string of the molecule is COC(CN)CC(=O)N1CCCC(N2CCCC2)CC1. The van der Waals surface area contributed by atoms with Crippen molar-refractivity contribution >= 4 is 5.91 Å². The summed E-state index contributed by atoms with van der Waals surface area (Å²) in [4.78, 5) is 16.9. The zero-order valence-corrected chi connectivity index (χ0v) is 12.7. The summed E-state index contributed by atoms with van der Waals surface area (Å²) < 4.78 is 5.21. The van der Waals surface area contributed by atoms with Gasteiger partial charge in [0.05, 0.1) is 12.5 Å². The van der Waals surface area contributed by atoms with E-state index in [2.05, 4.69) is 4.90 Å². The van der Waals surface area contributed by atoms with E-state index in [1.165, 1.54) is 32.4 Å². The molecule has 0 aliphatic carbocycles. The number of ether oxygens (including phenoxy) is 1. The Morgan fingerprint density at radius 2 is 1.95 bits per heavy atom. The zero-order valence-electron chi connectivity index (χ0n) is 12.7. The molecule has 2 aliphatic rings. The fourth-order valence-corrected chi connectivity index (χ4v) is 3.39. The van der Waals surface area contributed by atoms with Crippen molar-refractivity contribution in [3.8, 4) is 0 Å². The lowest BCUT2D eigenvalue weighted by Gasteiger charge is -2.26. The lowest BCUT2D eigenvalue weighted by molar-refractivity contribution is -0.133. The van der Waals surface area contributed by atoms with Gasteiger partial charge in [0.15, 0.2) is 0 Å². The summed E-state index contributed by atoms with van der Waals surface area (Å²) in [6.07, 6.45) is 6.42. The summed E-state index contributed by atoms with van der Waals surface area (Å²) in [6.45, 7) is 4.69. The molecule has 2 N–H and O–H groups in total. The lowest BCUT2D eigenvalue weighted by atomic mass is 10.1. The molecule has 2 rings (SSSR count). The normalized spacial score (nSPS) is 26.5. The summed E-state index contributed by atoms with van der Waals surface area (Å²) in [7, 11) is 1.62. The van der Waals surface area contributed by atoms with Crippen LogP contribution in [0.4, 0.5) is 0 Å². The van der Waals surface area contributed by atoms with Gasteiger partial charge in [-0.25, -0.2) is 0 Å². The third kappa shape index (κ3) is 4.17. The van der Waals surface area contributed by atoms with Crippen molar-refractivity contribution in [1.29, 1.82) is 0 Å². The first-order chi connectivity index (χ1) is 9.74. The molecule has 0 aromatic rings. The van der Waals surface area contributed by atoms with Crippen molar-refractivity contribution in [3.63, 3.8) is 0 Å². The second-order valence-corrected chi connectivity index (χ2v) is 6.01. The summed E-state index contributed by atoms with van der Waals surface area (Å²) in [5.41, 5.74) is 5.59. The molecule has 1 amide bonds. The summed E-state index contributed by atoms with van der Waals surface area (Å²) >= 11 is 0. The van der Waals surface area contributed by atoms with Crippen molar-refractivity contribution in [2.75, 3.05) is 39.8 Å². The number of methoxy groups -OCH3 is 1. The van der Waals surface area contributed by atoms with E-state index in [9.17, 15) is 4.79 Å². The number of nitrogens with two attached hydrogens (primary N) is 1. The van der Waals surface area contributed by atoms with Crippen LogP contribution in [-0.4, -0.2) is 67.7 Å². The molecular weight excluding hydrogens is 254 g/mol. The number of nitrogens with zero attached hydrogens (tertiary/aromatic N) is 2. The molecule has 0 bridgehead atoms. The maximum Gasteiger partial charge on any atom is 0.225 e. The summed E-state index contributed by atoms with van der Waals surface area (Å²) in [5, 5.41) is 0. The second kappa shape index (κ2) is 7.96. The smallest absolute Gasteiger partial charge is 0.225 e. The van der Waals surface area contributed by atoms with Crippen molar-refractivity contribution in [1.82, 2.24) is 9.80 Å². The number of carbonyl (C=O) groups excluding carboxylic acids is 1. The molecule has 2 atom stereocenters. The Balaban J connectivity index is 1.80. The van der Waals surface area contributed by atoms with Gasteiger partial charge in [-0.3, -0.25) is 4.79 Å². The molecule has 2 unspecified atom stereocenters. The molecule has 2 fully saturated rings. The number of amides is 1. The van der Waals surface area contributed by atoms with Gasteiger partial charge in [-0.05, 0) is 45.2 Å². The van der Waals surface area contributed by atoms with Gasteiger partial charge in [-0.2, -0.15) is 0 Å². The Hall–Kier alpha value is -0.650. The molecule has 20 heavy (non-hydrogen) atoms. The Morgan fingerprint density at radius 1 is 1.20 bits per heavy atom. The maximum atomic E-state index is 12.3. The highest BCUT2D eigenvalue weighted by atomic mass is 16.5. The lowest BCUT2D eigenvalue weighted by Crippen LogP contribution is -2.38. The van der Waals surface area contributed by atoms with Crippen molar-refractivity contribution in [2.45, 2.75) is 50.7 Å². The Labute approximate surface area is 122 Å². The van der Waals surface area contributed by atoms with Gasteiger partial charge in [0.1, 0.15) is 0 Å². The van der Waals surface area contributed by atoms with Crippen molar-refractivity contribution < 1.29 is 9.53 Å². The molecular formula is C15H29N3O2. The highest BCUT2D eigenvalue weighted by molar-refractivity contribution is 5.76. The van der Waals surface area contributed by atoms with Crippen LogP contribution in [0, 0.1) is 0 Å². The van der Waals surface area contributed by atoms with Crippen LogP contribution in [0.2, 0.25) is 0 Å². The first-order valence-corrected chi connectivity index (χ1v) is 7.99. The topological polar surface area (TPSA) is 58.8 Å². The summed E-state index contributed by atoms with van der Waals surface area (Å²) in [5.74, 6) is 0.198. The highest BCUT2D eigenvalue weighted by Crippen LogP contribution is 2.21. The number of likely N-dealkylation sites (tertiary alicyclic amines) is 2. The predicted molar refractivity (Wildman–Crippen MR) is 79.5 cm³/mol. The number of rotatable bonds is 5. The molecule has 5 heteroatoms. The minimum atomic E-state index is -0.139. The van der Waals surface area contributed by atoms with Crippen LogP contribution in [0.3, 0.4) is 0 Å². The maximum absolute atomic E-state index is 12.3. The van der Waals surface area contributed by atoms with Crippen molar-refractivity contribution in [3.05, 3.63) is 0 Å². The van der Waals surface area contributed by atoms with Crippen LogP contribution in [0.15, 0.2) is 0 Å². The van der Waals surface area contributed by atoms with Crippen LogP contribution in [0.1, 0.15) is 38.5 Å². The Bertz CT molecular complexity index is 301. The van der Waals surface area contributed by atoms with Crippen molar-refractivity contribution in [2.24, 2.45) is 5.73 Å². The van der Waals surface area contributed by atoms with Gasteiger partial charge in [0.2, 0.25) is 5.91 Å². The second-order valence-electron chi connectivity index (χ2n) is 6.01. The fourth-order valence-electron chi connectivity index (χ4n) is 3.39. The molecule has 0 spiro atoms. The molecule has 0 radical (unpaired) electrons. The van der Waals surface area contributed by atoms with Gasteiger partial charge in [0, 0.05) is 32.8 Å². The fraction of sp³-hybridized carbons (Fsp3) is 0.933. The Kier molecular flexibility index (Phi) is 6.26. The average Bonchev–Trinajstić information content (AvgIpc) is 2.89. The highest BCUT2D eigenvalue weighted by Gasteiger charge is 2.26. The van der Waals surface area contributed by atoms with E-state index in [1.807, 2.05) is 4.90 Å². The van der Waals surface area contributed by atoms with E-state index in [0.29, 0.717) is 19.0 Å². The monoisotopic (exact) mass is 283 g/mol. The van der Waals surface area contributed by atoms with E-state index in [1.54, 1.807) is 7.11 Å². The van der Waals surface area contributed by atoms with E-state index in [-0.39, 0.29) is 12.0 Å². The number of carbonyl (C=O) groups is 1. The molecule has 2 saturated heterocycles. The van der Waals surface area contributed by atoms with E-state index >= 15 is 0 Å². The van der Waals surface area contributed by atoms with Gasteiger partial charge in [-0.15, -0.1) is 0 Å². The molecule has 2 aliphatic heterocycles. The van der Waals surface area contributed by atoms with Crippen LogP contribution < -0.4 is 5.73 Å². The third-order valence-corrected chi connectivity index (χ3v) is 4.71. The van der Waals surface area contributed by atoms with Crippen LogP contribution >= 0.6 is 0 Å². The van der Waals surface area contributed by atoms with Crippen LogP contribution in [0.5, 0.6) is 0 Å². The number of hydrogen-bond donors (Lipinski definition) is 1. The molecule has 2 heterocycles. The standard InChI is InChI=1S/C15H29N3O2/c1-20-14(12-16)11-15(19)18-9-4-5-13(6-10-18)17-7-2-3-8-17/h13-14H,2-12,16H2,1H3. The average molecular weight is 283 g/mol. The molecule has 116 valence electrons. The van der Waals surface area contributed by atoms with Crippen LogP contribution in [-0.2, 0) is 9.53 Å². The minimum absolute atomic E-state index is 0.139. The zero-order chi connectivity index (χ0) is 14.4. The number of hydrogen-bond acceptors (Lipinski definition) is 4. The summed E-state index contributed by atoms with van der Waals surface area (Å²) in [6, 6.07) is 0.683. The molecule has 0 saturated carbocycles. The van der Waals surface area contributed by atoms with E-state index in [0.717, 1.165) is 25.9 Å². The molecule has 0 aromatic heterocycles. The predicted octanol–water partition coefficient (Wildman–Crippen LogP) is 0.827. The molecule has 0 aromatic carbocycles. The Morgan fingerprint density at radius 3 is 2.60 bits per heavy atom. The third-order valence-electron chi connectivity index (χ3n) is 4.71. The quantitative estimate of drug-likeness (QED) is 0.812. The first-order valence-electron chi connectivity index (χ1n) is 7.99. The van der Waals surface area contributed by atoms with Gasteiger partial charge < -0.3 is 20.3 Å². The van der Waals surface area contributed by atoms with Gasteiger partial charge in [-0.1, -0.05) is 0 Å². The van der Waals surface area contributed by atoms with Gasteiger partial charge in [0.25, 0.3) is 0 Å². The largest absolute Gasteiger partial charge is 0.380 e.